The Hall–Kier alpha value is -1.31. The SMILES string of the molecule is COc1cccc(N2CCN(S(=O)(=O)N(C)C3CCCCC3)CC2)c1. The van der Waals surface area contributed by atoms with Gasteiger partial charge in [0.05, 0.1) is 7.11 Å². The highest BCUT2D eigenvalue weighted by molar-refractivity contribution is 7.86. The van der Waals surface area contributed by atoms with Crippen LogP contribution in [0.15, 0.2) is 24.3 Å². The predicted molar refractivity (Wildman–Crippen MR) is 100 cm³/mol. The van der Waals surface area contributed by atoms with Crippen LogP contribution in [0, 0.1) is 0 Å². The quantitative estimate of drug-likeness (QED) is 0.801. The fraction of sp³-hybridized carbons (Fsp3) is 0.667. The first-order chi connectivity index (χ1) is 12.0. The van der Waals surface area contributed by atoms with E-state index in [9.17, 15) is 8.42 Å². The molecule has 0 radical (unpaired) electrons. The smallest absolute Gasteiger partial charge is 0.282 e. The largest absolute Gasteiger partial charge is 0.497 e. The highest BCUT2D eigenvalue weighted by Gasteiger charge is 2.34. The van der Waals surface area contributed by atoms with Crippen molar-refractivity contribution in [2.75, 3.05) is 45.2 Å². The summed E-state index contributed by atoms with van der Waals surface area (Å²) in [4.78, 5) is 2.22. The van der Waals surface area contributed by atoms with Gasteiger partial charge in [-0.15, -0.1) is 0 Å². The van der Waals surface area contributed by atoms with Crippen molar-refractivity contribution in [1.29, 1.82) is 0 Å². The highest BCUT2D eigenvalue weighted by atomic mass is 32.2. The zero-order valence-electron chi connectivity index (χ0n) is 15.2. The van der Waals surface area contributed by atoms with Gasteiger partial charge >= 0.3 is 0 Å². The molecule has 1 aliphatic carbocycles. The molecule has 1 aromatic rings. The Morgan fingerprint density at radius 3 is 2.40 bits per heavy atom. The molecule has 140 valence electrons. The molecule has 0 atom stereocenters. The monoisotopic (exact) mass is 367 g/mol. The molecule has 0 aromatic heterocycles. The number of hydrogen-bond donors (Lipinski definition) is 0. The number of anilines is 1. The summed E-state index contributed by atoms with van der Waals surface area (Å²) in [6, 6.07) is 8.09. The molecule has 1 saturated carbocycles. The van der Waals surface area contributed by atoms with Gasteiger partial charge in [0.15, 0.2) is 0 Å². The van der Waals surface area contributed by atoms with Gasteiger partial charge in [-0.1, -0.05) is 25.3 Å². The maximum Gasteiger partial charge on any atom is 0.282 e. The maximum absolute atomic E-state index is 12.9. The van der Waals surface area contributed by atoms with Crippen molar-refractivity contribution in [2.45, 2.75) is 38.1 Å². The predicted octanol–water partition coefficient (Wildman–Crippen LogP) is 2.33. The zero-order chi connectivity index (χ0) is 17.9. The molecular formula is C18H29N3O3S. The molecule has 3 rings (SSSR count). The first-order valence-corrected chi connectivity index (χ1v) is 10.5. The normalized spacial score (nSPS) is 20.8. The summed E-state index contributed by atoms with van der Waals surface area (Å²) >= 11 is 0. The summed E-state index contributed by atoms with van der Waals surface area (Å²) < 4.78 is 34.4. The van der Waals surface area contributed by atoms with E-state index in [1.807, 2.05) is 24.3 Å². The fourth-order valence-electron chi connectivity index (χ4n) is 3.80. The Morgan fingerprint density at radius 1 is 1.08 bits per heavy atom. The van der Waals surface area contributed by atoms with Crippen LogP contribution in [0.5, 0.6) is 5.75 Å². The topological polar surface area (TPSA) is 53.1 Å². The zero-order valence-corrected chi connectivity index (χ0v) is 16.0. The molecule has 0 spiro atoms. The molecule has 0 amide bonds. The second-order valence-electron chi connectivity index (χ2n) is 6.90. The Labute approximate surface area is 151 Å². The molecule has 2 fully saturated rings. The lowest BCUT2D eigenvalue weighted by molar-refractivity contribution is 0.259. The number of benzene rings is 1. The Morgan fingerprint density at radius 2 is 1.76 bits per heavy atom. The van der Waals surface area contributed by atoms with Crippen molar-refractivity contribution in [3.63, 3.8) is 0 Å². The van der Waals surface area contributed by atoms with Crippen LogP contribution in [-0.4, -0.2) is 63.4 Å². The second kappa shape index (κ2) is 7.93. The average molecular weight is 368 g/mol. The van der Waals surface area contributed by atoms with E-state index >= 15 is 0 Å². The van der Waals surface area contributed by atoms with Crippen LogP contribution < -0.4 is 9.64 Å². The molecule has 6 nitrogen and oxygen atoms in total. The fourth-order valence-corrected chi connectivity index (χ4v) is 5.38. The number of methoxy groups -OCH3 is 1. The van der Waals surface area contributed by atoms with Crippen molar-refractivity contribution in [3.8, 4) is 5.75 Å². The van der Waals surface area contributed by atoms with Gasteiger partial charge in [0, 0.05) is 51.0 Å². The van der Waals surface area contributed by atoms with Crippen LogP contribution in [0.2, 0.25) is 0 Å². The van der Waals surface area contributed by atoms with Crippen molar-refractivity contribution in [2.24, 2.45) is 0 Å². The van der Waals surface area contributed by atoms with Crippen LogP contribution in [-0.2, 0) is 10.2 Å². The van der Waals surface area contributed by atoms with Gasteiger partial charge in [-0.2, -0.15) is 17.0 Å². The summed E-state index contributed by atoms with van der Waals surface area (Å²) in [6.45, 7) is 2.45. The third-order valence-corrected chi connectivity index (χ3v) is 7.48. The lowest BCUT2D eigenvalue weighted by atomic mass is 9.96. The number of nitrogens with zero attached hydrogens (tertiary/aromatic N) is 3. The van der Waals surface area contributed by atoms with E-state index in [1.165, 1.54) is 6.42 Å². The lowest BCUT2D eigenvalue weighted by Gasteiger charge is -2.39. The number of piperazine rings is 1. The molecule has 1 heterocycles. The van der Waals surface area contributed by atoms with E-state index in [4.69, 9.17) is 4.74 Å². The first kappa shape index (κ1) is 18.5. The minimum absolute atomic E-state index is 0.162. The van der Waals surface area contributed by atoms with Gasteiger partial charge in [0.1, 0.15) is 5.75 Å². The lowest BCUT2D eigenvalue weighted by Crippen LogP contribution is -2.54. The molecule has 25 heavy (non-hydrogen) atoms. The summed E-state index contributed by atoms with van der Waals surface area (Å²) in [5, 5.41) is 0. The average Bonchev–Trinajstić information content (AvgIpc) is 2.68. The van der Waals surface area contributed by atoms with Crippen LogP contribution in [0.4, 0.5) is 5.69 Å². The van der Waals surface area contributed by atoms with E-state index in [1.54, 1.807) is 22.8 Å². The molecule has 7 heteroatoms. The minimum atomic E-state index is -3.36. The second-order valence-corrected chi connectivity index (χ2v) is 8.89. The minimum Gasteiger partial charge on any atom is -0.497 e. The van der Waals surface area contributed by atoms with Gasteiger partial charge in [-0.05, 0) is 25.0 Å². The molecule has 0 N–H and O–H groups in total. The van der Waals surface area contributed by atoms with E-state index in [0.717, 1.165) is 37.1 Å². The van der Waals surface area contributed by atoms with Gasteiger partial charge in [0.2, 0.25) is 0 Å². The molecule has 1 aliphatic heterocycles. The van der Waals surface area contributed by atoms with E-state index in [0.29, 0.717) is 26.2 Å². The molecule has 2 aliphatic rings. The summed E-state index contributed by atoms with van der Waals surface area (Å²) in [7, 11) is 0.0424. The van der Waals surface area contributed by atoms with Crippen molar-refractivity contribution >= 4 is 15.9 Å². The van der Waals surface area contributed by atoms with Crippen LogP contribution in [0.1, 0.15) is 32.1 Å². The molecule has 1 saturated heterocycles. The van der Waals surface area contributed by atoms with Crippen LogP contribution in [0.25, 0.3) is 0 Å². The number of rotatable bonds is 5. The summed E-state index contributed by atoms with van der Waals surface area (Å²) in [6.07, 6.45) is 5.46. The van der Waals surface area contributed by atoms with E-state index < -0.39 is 10.2 Å². The standard InChI is InChI=1S/C18H29N3O3S/c1-19(16-7-4-3-5-8-16)25(22,23)21-13-11-20(12-14-21)17-9-6-10-18(15-17)24-2/h6,9-10,15-16H,3-5,7-8,11-14H2,1-2H3. The van der Waals surface area contributed by atoms with Crippen molar-refractivity contribution in [1.82, 2.24) is 8.61 Å². The molecular weight excluding hydrogens is 338 g/mol. The number of hydrogen-bond acceptors (Lipinski definition) is 4. The van der Waals surface area contributed by atoms with Gasteiger partial charge < -0.3 is 9.64 Å². The molecule has 0 bridgehead atoms. The summed E-state index contributed by atoms with van der Waals surface area (Å²) in [5.74, 6) is 0.824. The third kappa shape index (κ3) is 4.10. The van der Waals surface area contributed by atoms with Crippen molar-refractivity contribution < 1.29 is 13.2 Å². The van der Waals surface area contributed by atoms with Crippen LogP contribution in [0.3, 0.4) is 0 Å². The highest BCUT2D eigenvalue weighted by Crippen LogP contribution is 2.26. The van der Waals surface area contributed by atoms with E-state index in [2.05, 4.69) is 4.90 Å². The van der Waals surface area contributed by atoms with Gasteiger partial charge in [-0.25, -0.2) is 0 Å². The third-order valence-electron chi connectivity index (χ3n) is 5.44. The first-order valence-electron chi connectivity index (χ1n) is 9.14. The van der Waals surface area contributed by atoms with Gasteiger partial charge in [0.25, 0.3) is 10.2 Å². The number of ether oxygens (including phenoxy) is 1. The maximum atomic E-state index is 12.9. The Kier molecular flexibility index (Phi) is 5.86. The van der Waals surface area contributed by atoms with Gasteiger partial charge in [-0.3, -0.25) is 0 Å². The molecule has 1 aromatic carbocycles. The van der Waals surface area contributed by atoms with E-state index in [-0.39, 0.29) is 6.04 Å². The molecule has 0 unspecified atom stereocenters. The Balaban J connectivity index is 1.62. The van der Waals surface area contributed by atoms with Crippen LogP contribution >= 0.6 is 0 Å². The van der Waals surface area contributed by atoms with Crippen molar-refractivity contribution in [3.05, 3.63) is 24.3 Å². The summed E-state index contributed by atoms with van der Waals surface area (Å²) in [5.41, 5.74) is 1.08. The Bertz CT molecular complexity index is 666.